The van der Waals surface area contributed by atoms with Gasteiger partial charge in [0, 0.05) is 29.6 Å². The zero-order valence-corrected chi connectivity index (χ0v) is 12.3. The predicted octanol–water partition coefficient (Wildman–Crippen LogP) is 2.68. The van der Waals surface area contributed by atoms with Crippen molar-refractivity contribution in [2.75, 3.05) is 36.9 Å². The fourth-order valence-electron chi connectivity index (χ4n) is 2.46. The minimum absolute atomic E-state index is 0.124. The van der Waals surface area contributed by atoms with Gasteiger partial charge in [0.25, 0.3) is 0 Å². The molecule has 2 N–H and O–H groups in total. The highest BCUT2D eigenvalue weighted by molar-refractivity contribution is 9.10. The molecule has 1 aromatic rings. The number of anilines is 2. The van der Waals surface area contributed by atoms with E-state index in [0.29, 0.717) is 0 Å². The molecule has 94 valence electrons. The molecule has 0 bridgehead atoms. The number of hydrogen-bond donors (Lipinski definition) is 2. The highest BCUT2D eigenvalue weighted by atomic mass is 79.9. The summed E-state index contributed by atoms with van der Waals surface area (Å²) in [5.41, 5.74) is 2.63. The first-order chi connectivity index (χ1) is 8.04. The standard InChI is InChI=1S/C13H20BrN3/c1-13(2,9-15-3)17-7-6-16-11-8-10(14)4-5-12(11)17/h4-5,8,15-16H,6-7,9H2,1-3H3. The summed E-state index contributed by atoms with van der Waals surface area (Å²) in [6, 6.07) is 6.44. The van der Waals surface area contributed by atoms with Crippen molar-refractivity contribution in [1.29, 1.82) is 0 Å². The second-order valence-corrected chi connectivity index (χ2v) is 6.00. The van der Waals surface area contributed by atoms with Crippen LogP contribution in [0.1, 0.15) is 13.8 Å². The van der Waals surface area contributed by atoms with Crippen LogP contribution in [-0.2, 0) is 0 Å². The van der Waals surface area contributed by atoms with Crippen LogP contribution in [0.3, 0.4) is 0 Å². The minimum Gasteiger partial charge on any atom is -0.382 e. The fraction of sp³-hybridized carbons (Fsp3) is 0.538. The molecule has 3 nitrogen and oxygen atoms in total. The number of benzene rings is 1. The largest absolute Gasteiger partial charge is 0.382 e. The lowest BCUT2D eigenvalue weighted by atomic mass is 9.99. The van der Waals surface area contributed by atoms with E-state index in [2.05, 4.69) is 63.5 Å². The molecule has 1 aliphatic heterocycles. The van der Waals surface area contributed by atoms with Crippen molar-refractivity contribution in [2.45, 2.75) is 19.4 Å². The zero-order valence-electron chi connectivity index (χ0n) is 10.7. The number of nitrogens with one attached hydrogen (secondary N) is 2. The van der Waals surface area contributed by atoms with E-state index in [1.165, 1.54) is 11.4 Å². The maximum Gasteiger partial charge on any atom is 0.0608 e. The minimum atomic E-state index is 0.124. The quantitative estimate of drug-likeness (QED) is 0.898. The van der Waals surface area contributed by atoms with Gasteiger partial charge in [0.05, 0.1) is 11.4 Å². The number of fused-ring (bicyclic) bond motifs is 1. The lowest BCUT2D eigenvalue weighted by molar-refractivity contribution is 0.440. The van der Waals surface area contributed by atoms with Crippen LogP contribution in [-0.4, -0.2) is 32.2 Å². The average molecular weight is 298 g/mol. The van der Waals surface area contributed by atoms with Gasteiger partial charge in [-0.25, -0.2) is 0 Å². The van der Waals surface area contributed by atoms with Crippen molar-refractivity contribution in [3.05, 3.63) is 22.7 Å². The molecule has 0 amide bonds. The highest BCUT2D eigenvalue weighted by Gasteiger charge is 2.29. The first-order valence-corrected chi connectivity index (χ1v) is 6.79. The van der Waals surface area contributed by atoms with Crippen LogP contribution >= 0.6 is 15.9 Å². The molecule has 1 heterocycles. The van der Waals surface area contributed by atoms with Gasteiger partial charge < -0.3 is 15.5 Å². The van der Waals surface area contributed by atoms with Gasteiger partial charge >= 0.3 is 0 Å². The van der Waals surface area contributed by atoms with E-state index in [1.54, 1.807) is 0 Å². The molecular formula is C13H20BrN3. The van der Waals surface area contributed by atoms with E-state index in [4.69, 9.17) is 0 Å². The summed E-state index contributed by atoms with van der Waals surface area (Å²) in [4.78, 5) is 2.47. The van der Waals surface area contributed by atoms with E-state index in [1.807, 2.05) is 7.05 Å². The molecule has 0 aliphatic carbocycles. The smallest absolute Gasteiger partial charge is 0.0608 e. The molecule has 2 rings (SSSR count). The first kappa shape index (κ1) is 12.7. The number of hydrogen-bond acceptors (Lipinski definition) is 3. The third-order valence-electron chi connectivity index (χ3n) is 3.24. The number of rotatable bonds is 3. The van der Waals surface area contributed by atoms with E-state index in [0.717, 1.165) is 24.1 Å². The lowest BCUT2D eigenvalue weighted by Crippen LogP contribution is -2.53. The average Bonchev–Trinajstić information content (AvgIpc) is 2.27. The van der Waals surface area contributed by atoms with Gasteiger partial charge in [-0.05, 0) is 39.1 Å². The van der Waals surface area contributed by atoms with Gasteiger partial charge in [-0.1, -0.05) is 15.9 Å². The predicted molar refractivity (Wildman–Crippen MR) is 78.0 cm³/mol. The van der Waals surface area contributed by atoms with Crippen molar-refractivity contribution in [2.24, 2.45) is 0 Å². The van der Waals surface area contributed by atoms with Gasteiger partial charge in [0.2, 0.25) is 0 Å². The molecular weight excluding hydrogens is 278 g/mol. The van der Waals surface area contributed by atoms with Gasteiger partial charge in [0.15, 0.2) is 0 Å². The summed E-state index contributed by atoms with van der Waals surface area (Å²) in [6.45, 7) is 7.57. The normalized spacial score (nSPS) is 15.4. The maximum atomic E-state index is 3.52. The van der Waals surface area contributed by atoms with Crippen LogP contribution in [0.5, 0.6) is 0 Å². The van der Waals surface area contributed by atoms with Crippen LogP contribution in [0, 0.1) is 0 Å². The van der Waals surface area contributed by atoms with Crippen molar-refractivity contribution in [3.63, 3.8) is 0 Å². The van der Waals surface area contributed by atoms with Crippen LogP contribution < -0.4 is 15.5 Å². The van der Waals surface area contributed by atoms with E-state index < -0.39 is 0 Å². The number of nitrogens with zero attached hydrogens (tertiary/aromatic N) is 1. The Bertz CT molecular complexity index is 404. The van der Waals surface area contributed by atoms with Gasteiger partial charge in [-0.3, -0.25) is 0 Å². The molecule has 17 heavy (non-hydrogen) atoms. The molecule has 0 saturated heterocycles. The van der Waals surface area contributed by atoms with E-state index in [-0.39, 0.29) is 5.54 Å². The molecule has 0 aromatic heterocycles. The molecule has 0 spiro atoms. The Morgan fingerprint density at radius 2 is 2.24 bits per heavy atom. The van der Waals surface area contributed by atoms with E-state index >= 15 is 0 Å². The summed E-state index contributed by atoms with van der Waals surface area (Å²) in [7, 11) is 2.01. The Morgan fingerprint density at radius 1 is 1.47 bits per heavy atom. The molecule has 0 unspecified atom stereocenters. The Kier molecular flexibility index (Phi) is 3.64. The summed E-state index contributed by atoms with van der Waals surface area (Å²) < 4.78 is 1.12. The summed E-state index contributed by atoms with van der Waals surface area (Å²) in [5, 5.41) is 6.73. The third kappa shape index (κ3) is 2.58. The van der Waals surface area contributed by atoms with Crippen molar-refractivity contribution < 1.29 is 0 Å². The fourth-order valence-corrected chi connectivity index (χ4v) is 2.83. The Morgan fingerprint density at radius 3 is 2.94 bits per heavy atom. The summed E-state index contributed by atoms with van der Waals surface area (Å²) in [5.74, 6) is 0. The first-order valence-electron chi connectivity index (χ1n) is 6.00. The van der Waals surface area contributed by atoms with Crippen molar-refractivity contribution in [1.82, 2.24) is 5.32 Å². The number of likely N-dealkylation sites (N-methyl/N-ethyl adjacent to an activating group) is 1. The molecule has 1 aromatic carbocycles. The van der Waals surface area contributed by atoms with Gasteiger partial charge in [-0.15, -0.1) is 0 Å². The monoisotopic (exact) mass is 297 g/mol. The molecule has 0 fully saturated rings. The van der Waals surface area contributed by atoms with Gasteiger partial charge in [-0.2, -0.15) is 0 Å². The van der Waals surface area contributed by atoms with Gasteiger partial charge in [0.1, 0.15) is 0 Å². The maximum absolute atomic E-state index is 3.52. The van der Waals surface area contributed by atoms with Crippen molar-refractivity contribution in [3.8, 4) is 0 Å². The molecule has 1 aliphatic rings. The summed E-state index contributed by atoms with van der Waals surface area (Å²) in [6.07, 6.45) is 0. The highest BCUT2D eigenvalue weighted by Crippen LogP contribution is 2.35. The van der Waals surface area contributed by atoms with E-state index in [9.17, 15) is 0 Å². The third-order valence-corrected chi connectivity index (χ3v) is 3.73. The zero-order chi connectivity index (χ0) is 12.5. The molecule has 4 heteroatoms. The van der Waals surface area contributed by atoms with Crippen molar-refractivity contribution >= 4 is 27.3 Å². The Balaban J connectivity index is 2.34. The van der Waals surface area contributed by atoms with Crippen LogP contribution in [0.2, 0.25) is 0 Å². The SMILES string of the molecule is CNCC(C)(C)N1CCNc2cc(Br)ccc21. The topological polar surface area (TPSA) is 27.3 Å². The number of halogens is 1. The van der Waals surface area contributed by atoms with Crippen LogP contribution in [0.15, 0.2) is 22.7 Å². The van der Waals surface area contributed by atoms with Crippen LogP contribution in [0.4, 0.5) is 11.4 Å². The van der Waals surface area contributed by atoms with Crippen LogP contribution in [0.25, 0.3) is 0 Å². The second-order valence-electron chi connectivity index (χ2n) is 5.08. The molecule has 0 radical (unpaired) electrons. The Hall–Kier alpha value is -0.740. The second kappa shape index (κ2) is 4.86. The Labute approximate surface area is 112 Å². The summed E-state index contributed by atoms with van der Waals surface area (Å²) >= 11 is 3.52. The lowest BCUT2D eigenvalue weighted by Gasteiger charge is -2.44. The molecule has 0 atom stereocenters. The molecule has 0 saturated carbocycles.